The highest BCUT2D eigenvalue weighted by Gasteiger charge is 2.29. The number of piperidine rings is 1. The van der Waals surface area contributed by atoms with Crippen molar-refractivity contribution in [3.63, 3.8) is 0 Å². The third-order valence-corrected chi connectivity index (χ3v) is 4.59. The molecule has 24 heavy (non-hydrogen) atoms. The number of nitrogens with one attached hydrogen (secondary N) is 2. The van der Waals surface area contributed by atoms with Crippen LogP contribution in [0.3, 0.4) is 0 Å². The van der Waals surface area contributed by atoms with Crippen LogP contribution in [0.25, 0.3) is 10.9 Å². The predicted octanol–water partition coefficient (Wildman–Crippen LogP) is 2.14. The largest absolute Gasteiger partial charge is 0.350 e. The van der Waals surface area contributed by atoms with Gasteiger partial charge in [0.1, 0.15) is 0 Å². The Labute approximate surface area is 141 Å². The van der Waals surface area contributed by atoms with E-state index in [1.54, 1.807) is 0 Å². The first-order valence-electron chi connectivity index (χ1n) is 8.57. The summed E-state index contributed by atoms with van der Waals surface area (Å²) in [5.74, 6) is 0.0557. The number of amides is 2. The molecule has 2 heterocycles. The standard InChI is InChI=1S/C18H24N4O2/c1-3-8-22-11-13(5-7-17(22)23)18(24)19-10-16-14-9-12(2)4-6-15(14)20-21-16/h4,6,9,13H,3,5,7-8,10-11H2,1-2H3,(H,19,24)(H,20,21). The number of benzene rings is 1. The van der Waals surface area contributed by atoms with Gasteiger partial charge in [-0.1, -0.05) is 18.6 Å². The van der Waals surface area contributed by atoms with Gasteiger partial charge in [-0.15, -0.1) is 0 Å². The van der Waals surface area contributed by atoms with Gasteiger partial charge in [0.05, 0.1) is 23.7 Å². The molecular formula is C18H24N4O2. The van der Waals surface area contributed by atoms with Crippen molar-refractivity contribution in [1.82, 2.24) is 20.4 Å². The number of hydrogen-bond donors (Lipinski definition) is 2. The summed E-state index contributed by atoms with van der Waals surface area (Å²) in [6.07, 6.45) is 2.01. The van der Waals surface area contributed by atoms with E-state index >= 15 is 0 Å². The van der Waals surface area contributed by atoms with Gasteiger partial charge in [-0.3, -0.25) is 14.7 Å². The Hall–Kier alpha value is -2.37. The molecule has 1 saturated heterocycles. The number of aryl methyl sites for hydroxylation is 1. The number of nitrogens with zero attached hydrogens (tertiary/aromatic N) is 2. The molecule has 6 nitrogen and oxygen atoms in total. The molecule has 1 unspecified atom stereocenters. The fraction of sp³-hybridized carbons (Fsp3) is 0.500. The van der Waals surface area contributed by atoms with Crippen LogP contribution in [-0.4, -0.2) is 40.0 Å². The number of carbonyl (C=O) groups is 2. The molecule has 0 spiro atoms. The first-order valence-corrected chi connectivity index (χ1v) is 8.57. The Morgan fingerprint density at radius 2 is 2.29 bits per heavy atom. The molecule has 1 aromatic carbocycles. The summed E-state index contributed by atoms with van der Waals surface area (Å²) in [6, 6.07) is 6.07. The van der Waals surface area contributed by atoms with Crippen LogP contribution in [0.5, 0.6) is 0 Å². The van der Waals surface area contributed by atoms with Gasteiger partial charge in [0.25, 0.3) is 0 Å². The lowest BCUT2D eigenvalue weighted by molar-refractivity contribution is -0.138. The van der Waals surface area contributed by atoms with Gasteiger partial charge in [-0.25, -0.2) is 0 Å². The van der Waals surface area contributed by atoms with Gasteiger partial charge < -0.3 is 10.2 Å². The van der Waals surface area contributed by atoms with Crippen molar-refractivity contribution in [2.45, 2.75) is 39.7 Å². The quantitative estimate of drug-likeness (QED) is 0.882. The molecule has 1 atom stereocenters. The van der Waals surface area contributed by atoms with Gasteiger partial charge in [-0.2, -0.15) is 5.10 Å². The first kappa shape index (κ1) is 16.5. The summed E-state index contributed by atoms with van der Waals surface area (Å²) in [7, 11) is 0. The van der Waals surface area contributed by atoms with E-state index in [1.165, 1.54) is 0 Å². The van der Waals surface area contributed by atoms with Crippen molar-refractivity contribution in [1.29, 1.82) is 0 Å². The van der Waals surface area contributed by atoms with E-state index in [9.17, 15) is 9.59 Å². The number of aromatic nitrogens is 2. The van der Waals surface area contributed by atoms with Crippen LogP contribution in [0.15, 0.2) is 18.2 Å². The summed E-state index contributed by atoms with van der Waals surface area (Å²) < 4.78 is 0. The summed E-state index contributed by atoms with van der Waals surface area (Å²) in [6.45, 7) is 5.77. The molecule has 1 fully saturated rings. The zero-order valence-corrected chi connectivity index (χ0v) is 14.3. The Morgan fingerprint density at radius 1 is 1.46 bits per heavy atom. The molecule has 0 radical (unpaired) electrons. The van der Waals surface area contributed by atoms with Crippen LogP contribution in [0, 0.1) is 12.8 Å². The van der Waals surface area contributed by atoms with E-state index in [2.05, 4.69) is 21.6 Å². The topological polar surface area (TPSA) is 78.1 Å². The maximum Gasteiger partial charge on any atom is 0.225 e. The highest BCUT2D eigenvalue weighted by atomic mass is 16.2. The zero-order valence-electron chi connectivity index (χ0n) is 14.3. The van der Waals surface area contributed by atoms with E-state index < -0.39 is 0 Å². The maximum atomic E-state index is 12.5. The maximum absolute atomic E-state index is 12.5. The van der Waals surface area contributed by atoms with Gasteiger partial charge in [-0.05, 0) is 31.9 Å². The second-order valence-corrected chi connectivity index (χ2v) is 6.52. The minimum absolute atomic E-state index is 0.0130. The highest BCUT2D eigenvalue weighted by Crippen LogP contribution is 2.20. The number of H-pyrrole nitrogens is 1. The average molecular weight is 328 g/mol. The molecule has 2 N–H and O–H groups in total. The number of hydrogen-bond acceptors (Lipinski definition) is 3. The van der Waals surface area contributed by atoms with Crippen molar-refractivity contribution in [2.75, 3.05) is 13.1 Å². The van der Waals surface area contributed by atoms with Crippen molar-refractivity contribution >= 4 is 22.7 Å². The Morgan fingerprint density at radius 3 is 3.08 bits per heavy atom. The molecule has 0 saturated carbocycles. The SMILES string of the molecule is CCCN1CC(C(=O)NCc2[nH]nc3ccc(C)cc23)CCC1=O. The smallest absolute Gasteiger partial charge is 0.225 e. The Bertz CT molecular complexity index is 753. The third kappa shape index (κ3) is 3.42. The van der Waals surface area contributed by atoms with Crippen LogP contribution >= 0.6 is 0 Å². The Kier molecular flexibility index (Phi) is 4.83. The zero-order chi connectivity index (χ0) is 17.1. The van der Waals surface area contributed by atoms with E-state index in [-0.39, 0.29) is 17.7 Å². The monoisotopic (exact) mass is 328 g/mol. The molecule has 0 bridgehead atoms. The molecule has 128 valence electrons. The fourth-order valence-corrected chi connectivity index (χ4v) is 3.25. The summed E-state index contributed by atoms with van der Waals surface area (Å²) in [4.78, 5) is 26.1. The molecule has 2 amide bonds. The molecule has 1 aromatic heterocycles. The first-order chi connectivity index (χ1) is 11.6. The van der Waals surface area contributed by atoms with Gasteiger partial charge in [0.2, 0.25) is 11.8 Å². The lowest BCUT2D eigenvalue weighted by atomic mass is 9.96. The van der Waals surface area contributed by atoms with E-state index in [1.807, 2.05) is 30.9 Å². The number of carbonyl (C=O) groups excluding carboxylic acids is 2. The summed E-state index contributed by atoms with van der Waals surface area (Å²) >= 11 is 0. The molecule has 2 aromatic rings. The van der Waals surface area contributed by atoms with Crippen LogP contribution in [0.2, 0.25) is 0 Å². The van der Waals surface area contributed by atoms with Gasteiger partial charge in [0.15, 0.2) is 0 Å². The van der Waals surface area contributed by atoms with E-state index in [0.29, 0.717) is 25.9 Å². The molecule has 0 aliphatic carbocycles. The van der Waals surface area contributed by atoms with Crippen LogP contribution in [-0.2, 0) is 16.1 Å². The second-order valence-electron chi connectivity index (χ2n) is 6.52. The Balaban J connectivity index is 1.62. The summed E-state index contributed by atoms with van der Waals surface area (Å²) in [5.41, 5.74) is 2.99. The second kappa shape index (κ2) is 7.03. The van der Waals surface area contributed by atoms with Crippen molar-refractivity contribution in [2.24, 2.45) is 5.92 Å². The van der Waals surface area contributed by atoms with Crippen LogP contribution < -0.4 is 5.32 Å². The predicted molar refractivity (Wildman–Crippen MR) is 92.3 cm³/mol. The molecular weight excluding hydrogens is 304 g/mol. The molecule has 6 heteroatoms. The van der Waals surface area contributed by atoms with Gasteiger partial charge in [0, 0.05) is 24.9 Å². The molecule has 1 aliphatic rings. The average Bonchev–Trinajstić information content (AvgIpc) is 2.97. The van der Waals surface area contributed by atoms with Crippen molar-refractivity contribution in [3.05, 3.63) is 29.5 Å². The summed E-state index contributed by atoms with van der Waals surface area (Å²) in [5, 5.41) is 11.3. The molecule has 3 rings (SSSR count). The number of likely N-dealkylation sites (tertiary alicyclic amines) is 1. The van der Waals surface area contributed by atoms with Gasteiger partial charge >= 0.3 is 0 Å². The number of fused-ring (bicyclic) bond motifs is 1. The van der Waals surface area contributed by atoms with Crippen LogP contribution in [0.4, 0.5) is 0 Å². The number of aromatic amines is 1. The minimum atomic E-state index is -0.120. The molecule has 1 aliphatic heterocycles. The van der Waals surface area contributed by atoms with Crippen LogP contribution in [0.1, 0.15) is 37.4 Å². The minimum Gasteiger partial charge on any atom is -0.350 e. The van der Waals surface area contributed by atoms with E-state index in [0.717, 1.165) is 35.1 Å². The normalized spacial score (nSPS) is 18.2. The van der Waals surface area contributed by atoms with E-state index in [4.69, 9.17) is 0 Å². The van der Waals surface area contributed by atoms with Crippen molar-refractivity contribution < 1.29 is 9.59 Å². The van der Waals surface area contributed by atoms with Crippen molar-refractivity contribution in [3.8, 4) is 0 Å². The lowest BCUT2D eigenvalue weighted by Crippen LogP contribution is -2.45. The number of rotatable bonds is 5. The third-order valence-electron chi connectivity index (χ3n) is 4.59. The lowest BCUT2D eigenvalue weighted by Gasteiger charge is -2.31. The fourth-order valence-electron chi connectivity index (χ4n) is 3.25. The highest BCUT2D eigenvalue weighted by molar-refractivity contribution is 5.85.